The average molecular weight is 247 g/mol. The Morgan fingerprint density at radius 1 is 1.24 bits per heavy atom. The van der Waals surface area contributed by atoms with E-state index in [1.807, 2.05) is 0 Å². The second kappa shape index (κ2) is 4.63. The predicted octanol–water partition coefficient (Wildman–Crippen LogP) is 2.98. The van der Waals surface area contributed by atoms with E-state index in [1.54, 1.807) is 11.5 Å². The lowest BCUT2D eigenvalue weighted by Crippen LogP contribution is -2.42. The summed E-state index contributed by atoms with van der Waals surface area (Å²) in [5, 5.41) is 4.75. The summed E-state index contributed by atoms with van der Waals surface area (Å²) in [6.07, 6.45) is 4.82. The Morgan fingerprint density at radius 3 is 2.94 bits per heavy atom. The Bertz CT molecular complexity index is 508. The highest BCUT2D eigenvalue weighted by molar-refractivity contribution is 7.13. The molecule has 1 aromatic heterocycles. The molecule has 3 rings (SSSR count). The second-order valence-corrected chi connectivity index (χ2v) is 5.53. The largest absolute Gasteiger partial charge is 0.364 e. The summed E-state index contributed by atoms with van der Waals surface area (Å²) in [6.45, 7) is 0. The molecular weight excluding hydrogens is 230 g/mol. The Morgan fingerprint density at radius 2 is 2.06 bits per heavy atom. The molecule has 0 saturated heterocycles. The number of nitrogens with one attached hydrogen (secondary N) is 1. The molecule has 1 fully saturated rings. The minimum atomic E-state index is 0.268. The van der Waals surface area contributed by atoms with E-state index in [1.165, 1.54) is 22.9 Å². The van der Waals surface area contributed by atoms with Gasteiger partial charge in [-0.1, -0.05) is 25.0 Å². The Labute approximate surface area is 105 Å². The SMILES string of the molecule is N[C@@H]1CCCC[C@@H]1Nc1nsc2ccccc12. The number of aromatic nitrogens is 1. The Hall–Kier alpha value is -1.13. The van der Waals surface area contributed by atoms with Gasteiger partial charge in [0.05, 0.1) is 4.70 Å². The van der Waals surface area contributed by atoms with Gasteiger partial charge in [-0.25, -0.2) is 0 Å². The summed E-state index contributed by atoms with van der Waals surface area (Å²) in [5.74, 6) is 1.01. The van der Waals surface area contributed by atoms with Crippen LogP contribution in [0, 0.1) is 0 Å². The average Bonchev–Trinajstić information content (AvgIpc) is 2.76. The zero-order chi connectivity index (χ0) is 11.7. The van der Waals surface area contributed by atoms with Crippen molar-refractivity contribution in [2.45, 2.75) is 37.8 Å². The van der Waals surface area contributed by atoms with Crippen LogP contribution < -0.4 is 11.1 Å². The third-order valence-corrected chi connectivity index (χ3v) is 4.35. The summed E-state index contributed by atoms with van der Waals surface area (Å²) in [7, 11) is 0. The van der Waals surface area contributed by atoms with E-state index in [-0.39, 0.29) is 6.04 Å². The summed E-state index contributed by atoms with van der Waals surface area (Å²) >= 11 is 1.55. The first-order valence-corrected chi connectivity index (χ1v) is 6.98. The fourth-order valence-electron chi connectivity index (χ4n) is 2.50. The van der Waals surface area contributed by atoms with Crippen LogP contribution in [0.2, 0.25) is 0 Å². The van der Waals surface area contributed by atoms with Gasteiger partial charge in [-0.2, -0.15) is 4.37 Å². The molecular formula is C13H17N3S. The molecule has 2 atom stereocenters. The number of hydrogen-bond acceptors (Lipinski definition) is 4. The van der Waals surface area contributed by atoms with Crippen molar-refractivity contribution in [1.29, 1.82) is 0 Å². The van der Waals surface area contributed by atoms with E-state index >= 15 is 0 Å². The molecule has 0 spiro atoms. The van der Waals surface area contributed by atoms with Crippen LogP contribution in [0.4, 0.5) is 5.82 Å². The highest BCUT2D eigenvalue weighted by Crippen LogP contribution is 2.28. The monoisotopic (exact) mass is 247 g/mol. The zero-order valence-electron chi connectivity index (χ0n) is 9.73. The third-order valence-electron chi connectivity index (χ3n) is 3.52. The molecule has 4 heteroatoms. The van der Waals surface area contributed by atoms with E-state index < -0.39 is 0 Å². The van der Waals surface area contributed by atoms with E-state index in [2.05, 4.69) is 34.0 Å². The van der Waals surface area contributed by atoms with E-state index in [0.29, 0.717) is 6.04 Å². The topological polar surface area (TPSA) is 50.9 Å². The van der Waals surface area contributed by atoms with Gasteiger partial charge >= 0.3 is 0 Å². The van der Waals surface area contributed by atoms with Gasteiger partial charge in [-0.05, 0) is 36.5 Å². The predicted molar refractivity (Wildman–Crippen MR) is 73.5 cm³/mol. The number of hydrogen-bond donors (Lipinski definition) is 2. The third kappa shape index (κ3) is 2.15. The number of rotatable bonds is 2. The molecule has 0 unspecified atom stereocenters. The molecule has 1 heterocycles. The van der Waals surface area contributed by atoms with Gasteiger partial charge in [0.15, 0.2) is 0 Å². The Kier molecular flexibility index (Phi) is 2.99. The quantitative estimate of drug-likeness (QED) is 0.857. The van der Waals surface area contributed by atoms with Crippen LogP contribution in [0.1, 0.15) is 25.7 Å². The first-order chi connectivity index (χ1) is 8.34. The molecule has 1 aromatic carbocycles. The van der Waals surface area contributed by atoms with Crippen molar-refractivity contribution >= 4 is 27.4 Å². The van der Waals surface area contributed by atoms with Crippen molar-refractivity contribution in [2.75, 3.05) is 5.32 Å². The van der Waals surface area contributed by atoms with Gasteiger partial charge < -0.3 is 11.1 Å². The number of anilines is 1. The molecule has 1 saturated carbocycles. The number of benzene rings is 1. The van der Waals surface area contributed by atoms with E-state index in [9.17, 15) is 0 Å². The molecule has 2 aromatic rings. The molecule has 0 aliphatic heterocycles. The molecule has 3 N–H and O–H groups in total. The minimum Gasteiger partial charge on any atom is -0.364 e. The lowest BCUT2D eigenvalue weighted by Gasteiger charge is -2.29. The summed E-state index contributed by atoms with van der Waals surface area (Å²) in [5.41, 5.74) is 6.15. The van der Waals surface area contributed by atoms with Crippen LogP contribution in [0.3, 0.4) is 0 Å². The lowest BCUT2D eigenvalue weighted by atomic mass is 9.91. The minimum absolute atomic E-state index is 0.268. The number of nitrogens with two attached hydrogens (primary N) is 1. The van der Waals surface area contributed by atoms with Gasteiger partial charge in [0.1, 0.15) is 5.82 Å². The maximum atomic E-state index is 6.15. The van der Waals surface area contributed by atoms with E-state index in [4.69, 9.17) is 5.73 Å². The van der Waals surface area contributed by atoms with Crippen molar-refractivity contribution < 1.29 is 0 Å². The van der Waals surface area contributed by atoms with Crippen LogP contribution in [0.25, 0.3) is 10.1 Å². The number of fused-ring (bicyclic) bond motifs is 1. The summed E-state index contributed by atoms with van der Waals surface area (Å²) in [4.78, 5) is 0. The highest BCUT2D eigenvalue weighted by atomic mass is 32.1. The molecule has 90 valence electrons. The smallest absolute Gasteiger partial charge is 0.147 e. The van der Waals surface area contributed by atoms with Crippen molar-refractivity contribution in [3.63, 3.8) is 0 Å². The standard InChI is InChI=1S/C13H17N3S/c14-10-6-2-3-7-11(10)15-13-9-5-1-4-8-12(9)17-16-13/h1,4-5,8,10-11H,2-3,6-7,14H2,(H,15,16)/t10-,11+/m1/s1. The second-order valence-electron chi connectivity index (χ2n) is 4.73. The molecule has 1 aliphatic rings. The zero-order valence-corrected chi connectivity index (χ0v) is 10.5. The first-order valence-electron chi connectivity index (χ1n) is 6.21. The van der Waals surface area contributed by atoms with Crippen molar-refractivity contribution in [3.8, 4) is 0 Å². The molecule has 0 bridgehead atoms. The van der Waals surface area contributed by atoms with E-state index in [0.717, 1.165) is 18.7 Å². The first kappa shape index (κ1) is 11.0. The fraction of sp³-hybridized carbons (Fsp3) is 0.462. The molecule has 0 radical (unpaired) electrons. The molecule has 1 aliphatic carbocycles. The normalized spacial score (nSPS) is 25.0. The lowest BCUT2D eigenvalue weighted by molar-refractivity contribution is 0.404. The van der Waals surface area contributed by atoms with Crippen LogP contribution >= 0.6 is 11.5 Å². The van der Waals surface area contributed by atoms with Gasteiger partial charge in [-0.3, -0.25) is 0 Å². The van der Waals surface area contributed by atoms with Gasteiger partial charge in [0.2, 0.25) is 0 Å². The summed E-state index contributed by atoms with van der Waals surface area (Å²) in [6, 6.07) is 8.99. The molecule has 3 nitrogen and oxygen atoms in total. The van der Waals surface area contributed by atoms with Gasteiger partial charge in [0, 0.05) is 17.5 Å². The summed E-state index contributed by atoms with van der Waals surface area (Å²) < 4.78 is 5.73. The van der Waals surface area contributed by atoms with Gasteiger partial charge in [-0.15, -0.1) is 0 Å². The Balaban J connectivity index is 1.84. The fourth-order valence-corrected chi connectivity index (χ4v) is 3.25. The van der Waals surface area contributed by atoms with Crippen molar-refractivity contribution in [2.24, 2.45) is 5.73 Å². The van der Waals surface area contributed by atoms with Crippen LogP contribution in [-0.4, -0.2) is 16.5 Å². The maximum Gasteiger partial charge on any atom is 0.147 e. The molecule has 0 amide bonds. The molecule has 17 heavy (non-hydrogen) atoms. The number of nitrogens with zero attached hydrogens (tertiary/aromatic N) is 1. The van der Waals surface area contributed by atoms with Gasteiger partial charge in [0.25, 0.3) is 0 Å². The highest BCUT2D eigenvalue weighted by Gasteiger charge is 2.22. The van der Waals surface area contributed by atoms with Crippen LogP contribution in [0.15, 0.2) is 24.3 Å². The van der Waals surface area contributed by atoms with Crippen molar-refractivity contribution in [3.05, 3.63) is 24.3 Å². The van der Waals surface area contributed by atoms with Crippen LogP contribution in [-0.2, 0) is 0 Å². The van der Waals surface area contributed by atoms with Crippen LogP contribution in [0.5, 0.6) is 0 Å². The van der Waals surface area contributed by atoms with Crippen molar-refractivity contribution in [1.82, 2.24) is 4.37 Å². The maximum absolute atomic E-state index is 6.15.